The summed E-state index contributed by atoms with van der Waals surface area (Å²) in [5.74, 6) is 2.34. The van der Waals surface area contributed by atoms with Gasteiger partial charge in [-0.05, 0) is 104 Å². The van der Waals surface area contributed by atoms with Gasteiger partial charge in [0.25, 0.3) is 0 Å². The number of carbonyl (C=O) groups excluding carboxylic acids is 1. The van der Waals surface area contributed by atoms with Gasteiger partial charge in [-0.25, -0.2) is 4.79 Å². The lowest BCUT2D eigenvalue weighted by Gasteiger charge is -2.56. The normalized spacial score (nSPS) is 28.5. The first-order valence-corrected chi connectivity index (χ1v) is 19.9. The molecule has 2 amide bonds. The van der Waals surface area contributed by atoms with Crippen LogP contribution in [-0.4, -0.2) is 52.4 Å². The van der Waals surface area contributed by atoms with Gasteiger partial charge in [0.05, 0.1) is 24.9 Å². The topological polar surface area (TPSA) is 103 Å². The minimum atomic E-state index is -0.629. The highest BCUT2D eigenvalue weighted by Crippen LogP contribution is 2.55. The second-order valence-electron chi connectivity index (χ2n) is 16.7. The molecule has 8 nitrogen and oxygen atoms in total. The van der Waals surface area contributed by atoms with Crippen molar-refractivity contribution in [2.24, 2.45) is 17.8 Å². The lowest BCUT2D eigenvalue weighted by Crippen LogP contribution is -2.61. The Labute approximate surface area is 319 Å². The number of benzene rings is 4. The third-order valence-corrected chi connectivity index (χ3v) is 12.8. The van der Waals surface area contributed by atoms with Gasteiger partial charge in [0, 0.05) is 36.7 Å². The Morgan fingerprint density at radius 3 is 2.11 bits per heavy atom. The zero-order valence-electron chi connectivity index (χ0n) is 31.6. The Hall–Kier alpha value is -4.05. The predicted molar refractivity (Wildman–Crippen MR) is 210 cm³/mol. The molecule has 4 aliphatic carbocycles. The molecule has 4 bridgehead atoms. The van der Waals surface area contributed by atoms with Crippen LogP contribution in [0.1, 0.15) is 98.2 Å². The summed E-state index contributed by atoms with van der Waals surface area (Å²) in [7, 11) is 2.03. The van der Waals surface area contributed by atoms with Crippen molar-refractivity contribution < 1.29 is 24.5 Å². The van der Waals surface area contributed by atoms with Gasteiger partial charge in [0.2, 0.25) is 0 Å². The van der Waals surface area contributed by atoms with Crippen molar-refractivity contribution in [2.45, 2.75) is 101 Å². The number of hydrogen-bond donors (Lipinski definition) is 4. The molecule has 0 spiro atoms. The van der Waals surface area contributed by atoms with Gasteiger partial charge >= 0.3 is 6.03 Å². The first kappa shape index (κ1) is 36.9. The molecule has 1 aliphatic heterocycles. The fraction of sp³-hybridized carbons (Fsp3) is 0.457. The van der Waals surface area contributed by atoms with E-state index in [9.17, 15) is 15.0 Å². The SMILES string of the molecule is CC(C(O)c1ccccc1)N(C)CC1CC(c2ccc(CO)cc2)OC(c2ccc(-c3ccccc3CNC(=O)NC34CC5CC(CC(C5)C3)C4)cc2)O1. The number of amides is 2. The van der Waals surface area contributed by atoms with Crippen LogP contribution in [0.25, 0.3) is 11.1 Å². The molecule has 1 heterocycles. The van der Waals surface area contributed by atoms with Crippen LogP contribution in [0.3, 0.4) is 0 Å². The van der Waals surface area contributed by atoms with E-state index in [4.69, 9.17) is 9.47 Å². The lowest BCUT2D eigenvalue weighted by molar-refractivity contribution is -0.253. The van der Waals surface area contributed by atoms with E-state index in [-0.39, 0.29) is 36.4 Å². The highest BCUT2D eigenvalue weighted by molar-refractivity contribution is 5.76. The maximum absolute atomic E-state index is 13.3. The molecule has 0 aromatic heterocycles. The molecule has 5 aliphatic rings. The van der Waals surface area contributed by atoms with Crippen molar-refractivity contribution in [3.05, 3.63) is 131 Å². The quantitative estimate of drug-likeness (QED) is 0.117. The zero-order chi connectivity index (χ0) is 37.2. The van der Waals surface area contributed by atoms with E-state index in [1.54, 1.807) is 0 Å². The summed E-state index contributed by atoms with van der Waals surface area (Å²) in [4.78, 5) is 15.4. The van der Waals surface area contributed by atoms with E-state index in [1.165, 1.54) is 19.3 Å². The molecule has 5 unspecified atom stereocenters. The van der Waals surface area contributed by atoms with Crippen molar-refractivity contribution in [3.63, 3.8) is 0 Å². The molecule has 4 aromatic rings. The highest BCUT2D eigenvalue weighted by atomic mass is 16.7. The second-order valence-corrected chi connectivity index (χ2v) is 16.7. The number of likely N-dealkylation sites (N-methyl/N-ethyl adjacent to an activating group) is 1. The number of nitrogens with one attached hydrogen (secondary N) is 2. The highest BCUT2D eigenvalue weighted by Gasteiger charge is 2.51. The van der Waals surface area contributed by atoms with Gasteiger partial charge in [-0.3, -0.25) is 4.90 Å². The Morgan fingerprint density at radius 1 is 0.815 bits per heavy atom. The minimum Gasteiger partial charge on any atom is -0.392 e. The summed E-state index contributed by atoms with van der Waals surface area (Å²) in [6.07, 6.45) is 6.53. The van der Waals surface area contributed by atoms with E-state index < -0.39 is 12.4 Å². The average Bonchev–Trinajstić information content (AvgIpc) is 3.19. The van der Waals surface area contributed by atoms with Crippen LogP contribution in [0, 0.1) is 17.8 Å². The number of carbonyl (C=O) groups is 1. The summed E-state index contributed by atoms with van der Waals surface area (Å²) in [6.45, 7) is 3.11. The number of nitrogens with zero attached hydrogens (tertiary/aromatic N) is 1. The molecule has 5 atom stereocenters. The first-order valence-electron chi connectivity index (χ1n) is 19.9. The number of ether oxygens (including phenoxy) is 2. The second kappa shape index (κ2) is 16.0. The van der Waals surface area contributed by atoms with Crippen molar-refractivity contribution in [3.8, 4) is 11.1 Å². The summed E-state index contributed by atoms with van der Waals surface area (Å²) in [6, 6.07) is 34.2. The van der Waals surface area contributed by atoms with Gasteiger partial charge in [-0.2, -0.15) is 0 Å². The number of rotatable bonds is 12. The summed E-state index contributed by atoms with van der Waals surface area (Å²) in [5, 5.41) is 27.4. The Balaban J connectivity index is 0.951. The van der Waals surface area contributed by atoms with Crippen molar-refractivity contribution in [2.75, 3.05) is 13.6 Å². The summed E-state index contributed by atoms with van der Waals surface area (Å²) in [5.41, 5.74) is 6.90. The van der Waals surface area contributed by atoms with Crippen molar-refractivity contribution in [1.82, 2.24) is 15.5 Å². The molecule has 4 aromatic carbocycles. The molecular weight excluding hydrogens is 675 g/mol. The minimum absolute atomic E-state index is 0.00678. The first-order chi connectivity index (χ1) is 26.2. The third kappa shape index (κ3) is 8.14. The molecule has 284 valence electrons. The molecule has 5 fully saturated rings. The molecule has 0 radical (unpaired) electrons. The van der Waals surface area contributed by atoms with Crippen LogP contribution >= 0.6 is 0 Å². The molecule has 54 heavy (non-hydrogen) atoms. The predicted octanol–water partition coefficient (Wildman–Crippen LogP) is 8.21. The van der Waals surface area contributed by atoms with E-state index in [1.807, 2.05) is 80.7 Å². The van der Waals surface area contributed by atoms with E-state index in [0.717, 1.165) is 76.0 Å². The third-order valence-electron chi connectivity index (χ3n) is 12.8. The van der Waals surface area contributed by atoms with Crippen LogP contribution < -0.4 is 10.6 Å². The van der Waals surface area contributed by atoms with Gasteiger partial charge in [-0.1, -0.05) is 103 Å². The van der Waals surface area contributed by atoms with Gasteiger partial charge in [-0.15, -0.1) is 0 Å². The van der Waals surface area contributed by atoms with Gasteiger partial charge in [0.1, 0.15) is 0 Å². The van der Waals surface area contributed by atoms with Crippen molar-refractivity contribution >= 4 is 6.03 Å². The van der Waals surface area contributed by atoms with Crippen LogP contribution in [-0.2, 0) is 22.6 Å². The standard InChI is InChI=1S/C46H55N3O5/c1-30(43(51)37-8-4-3-5-9-37)49(2)28-40-23-42(36-14-12-31(29-50)13-15-36)54-44(53-40)38-18-16-35(17-19-38)41-11-7-6-10-39(41)27-47-45(52)48-46-24-32-20-33(25-46)22-34(21-32)26-46/h3-19,30,32-34,40,42-44,50-51H,20-29H2,1-2H3,(H2,47,48,52). The van der Waals surface area contributed by atoms with Gasteiger partial charge in [0.15, 0.2) is 6.29 Å². The molecule has 4 N–H and O–H groups in total. The van der Waals surface area contributed by atoms with Crippen LogP contribution in [0.5, 0.6) is 0 Å². The van der Waals surface area contributed by atoms with Crippen LogP contribution in [0.2, 0.25) is 0 Å². The Bertz CT molecular complexity index is 1830. The number of aliphatic hydroxyl groups is 2. The zero-order valence-corrected chi connectivity index (χ0v) is 31.6. The number of hydrogen-bond acceptors (Lipinski definition) is 6. The average molecular weight is 730 g/mol. The molecular formula is C46H55N3O5. The van der Waals surface area contributed by atoms with E-state index in [2.05, 4.69) is 51.9 Å². The van der Waals surface area contributed by atoms with E-state index in [0.29, 0.717) is 19.5 Å². The summed E-state index contributed by atoms with van der Waals surface area (Å²) >= 11 is 0. The largest absolute Gasteiger partial charge is 0.392 e. The van der Waals surface area contributed by atoms with Crippen LogP contribution in [0.15, 0.2) is 103 Å². The fourth-order valence-electron chi connectivity index (χ4n) is 10.2. The maximum atomic E-state index is 13.3. The van der Waals surface area contributed by atoms with Crippen LogP contribution in [0.4, 0.5) is 4.79 Å². The smallest absolute Gasteiger partial charge is 0.315 e. The molecule has 4 saturated carbocycles. The maximum Gasteiger partial charge on any atom is 0.315 e. The Kier molecular flexibility index (Phi) is 10.9. The molecule has 8 heteroatoms. The fourth-order valence-corrected chi connectivity index (χ4v) is 10.2. The summed E-state index contributed by atoms with van der Waals surface area (Å²) < 4.78 is 13.3. The number of aliphatic hydroxyl groups excluding tert-OH is 2. The van der Waals surface area contributed by atoms with Gasteiger partial charge < -0.3 is 30.3 Å². The monoisotopic (exact) mass is 729 g/mol. The molecule has 1 saturated heterocycles. The lowest BCUT2D eigenvalue weighted by atomic mass is 9.53. The van der Waals surface area contributed by atoms with Crippen molar-refractivity contribution in [1.29, 1.82) is 0 Å². The Morgan fingerprint density at radius 2 is 1.44 bits per heavy atom. The van der Waals surface area contributed by atoms with E-state index >= 15 is 0 Å². The molecule has 9 rings (SSSR count). The number of urea groups is 1.